The van der Waals surface area contributed by atoms with Crippen molar-refractivity contribution in [2.24, 2.45) is 0 Å². The van der Waals surface area contributed by atoms with E-state index in [1.54, 1.807) is 0 Å². The van der Waals surface area contributed by atoms with Crippen molar-refractivity contribution in [2.45, 2.75) is 38.3 Å². The summed E-state index contributed by atoms with van der Waals surface area (Å²) in [5, 5.41) is 9.73. The first-order valence-electron chi connectivity index (χ1n) is 9.35. The first kappa shape index (κ1) is 16.9. The number of hydrogen-bond donors (Lipinski definition) is 3. The van der Waals surface area contributed by atoms with Crippen molar-refractivity contribution < 1.29 is 9.53 Å². The van der Waals surface area contributed by atoms with E-state index in [0.29, 0.717) is 11.6 Å². The number of piperidine rings is 1. The maximum absolute atomic E-state index is 12.6. The van der Waals surface area contributed by atoms with Crippen LogP contribution in [0, 0.1) is 0 Å². The molecule has 1 amide bonds. The van der Waals surface area contributed by atoms with Crippen LogP contribution in [0.2, 0.25) is 0 Å². The van der Waals surface area contributed by atoms with Gasteiger partial charge in [-0.1, -0.05) is 6.07 Å². The van der Waals surface area contributed by atoms with E-state index in [1.165, 1.54) is 5.56 Å². The van der Waals surface area contributed by atoms with Crippen molar-refractivity contribution in [2.75, 3.05) is 23.7 Å². The zero-order valence-corrected chi connectivity index (χ0v) is 15.0. The Morgan fingerprint density at radius 3 is 2.85 bits per heavy atom. The van der Waals surface area contributed by atoms with E-state index < -0.39 is 0 Å². The fourth-order valence-corrected chi connectivity index (χ4v) is 3.65. The smallest absolute Gasteiger partial charge is 0.255 e. The number of amides is 1. The van der Waals surface area contributed by atoms with E-state index in [2.05, 4.69) is 22.9 Å². The van der Waals surface area contributed by atoms with Crippen LogP contribution in [0.3, 0.4) is 0 Å². The van der Waals surface area contributed by atoms with Crippen LogP contribution in [0.25, 0.3) is 0 Å². The number of rotatable bonds is 4. The first-order valence-corrected chi connectivity index (χ1v) is 9.35. The topological polar surface area (TPSA) is 62.4 Å². The minimum atomic E-state index is -0.0913. The first-order chi connectivity index (χ1) is 12.7. The fraction of sp³-hybridized carbons (Fsp3) is 0.381. The van der Waals surface area contributed by atoms with Crippen LogP contribution in [0.1, 0.15) is 35.7 Å². The molecule has 5 nitrogen and oxygen atoms in total. The van der Waals surface area contributed by atoms with Gasteiger partial charge >= 0.3 is 0 Å². The molecule has 1 saturated heterocycles. The van der Waals surface area contributed by atoms with E-state index in [4.69, 9.17) is 4.74 Å². The van der Waals surface area contributed by atoms with Gasteiger partial charge in [0.05, 0.1) is 0 Å². The minimum Gasteiger partial charge on any atom is -0.490 e. The molecule has 0 aromatic heterocycles. The van der Waals surface area contributed by atoms with Crippen molar-refractivity contribution in [1.29, 1.82) is 0 Å². The summed E-state index contributed by atoms with van der Waals surface area (Å²) in [7, 11) is 0. The summed E-state index contributed by atoms with van der Waals surface area (Å²) in [6.45, 7) is 4.13. The zero-order valence-electron chi connectivity index (χ0n) is 15.0. The molecule has 3 N–H and O–H groups in total. The van der Waals surface area contributed by atoms with Gasteiger partial charge in [0.2, 0.25) is 0 Å². The molecule has 26 heavy (non-hydrogen) atoms. The standard InChI is InChI=1S/C21H25N3O2/c1-14-11-16-12-15(5-6-20(16)23-14)21(25)24-17-3-2-4-19(13-17)26-18-7-9-22-10-8-18/h2-6,12-14,18,22-23H,7-11H2,1H3,(H,24,25)/t14-/m0/s1. The third-order valence-electron chi connectivity index (χ3n) is 4.98. The molecule has 5 heteroatoms. The normalized spacial score (nSPS) is 19.5. The summed E-state index contributed by atoms with van der Waals surface area (Å²) in [4.78, 5) is 12.6. The summed E-state index contributed by atoms with van der Waals surface area (Å²) in [6, 6.07) is 13.9. The second-order valence-corrected chi connectivity index (χ2v) is 7.17. The Hall–Kier alpha value is -2.53. The van der Waals surface area contributed by atoms with Crippen LogP contribution in [0.15, 0.2) is 42.5 Å². The predicted octanol–water partition coefficient (Wildman–Crippen LogP) is 3.43. The molecule has 136 valence electrons. The number of benzene rings is 2. The number of anilines is 2. The van der Waals surface area contributed by atoms with Gasteiger partial charge in [0.1, 0.15) is 11.9 Å². The Kier molecular flexibility index (Phi) is 4.80. The summed E-state index contributed by atoms with van der Waals surface area (Å²) in [6.07, 6.45) is 3.22. The molecule has 0 saturated carbocycles. The second kappa shape index (κ2) is 7.38. The van der Waals surface area contributed by atoms with E-state index in [0.717, 1.165) is 49.5 Å². The summed E-state index contributed by atoms with van der Waals surface area (Å²) in [5.41, 5.74) is 3.78. The zero-order chi connectivity index (χ0) is 17.9. The van der Waals surface area contributed by atoms with Gasteiger partial charge in [0.15, 0.2) is 0 Å². The molecule has 2 aliphatic heterocycles. The molecule has 0 unspecified atom stereocenters. The highest BCUT2D eigenvalue weighted by atomic mass is 16.5. The van der Waals surface area contributed by atoms with Gasteiger partial charge in [0, 0.05) is 29.0 Å². The van der Waals surface area contributed by atoms with Crippen LogP contribution < -0.4 is 20.7 Å². The number of hydrogen-bond acceptors (Lipinski definition) is 4. The van der Waals surface area contributed by atoms with Gasteiger partial charge in [-0.05, 0) is 75.2 Å². The van der Waals surface area contributed by atoms with E-state index >= 15 is 0 Å². The molecular formula is C21H25N3O2. The van der Waals surface area contributed by atoms with Crippen molar-refractivity contribution in [3.05, 3.63) is 53.6 Å². The molecule has 4 rings (SSSR count). The lowest BCUT2D eigenvalue weighted by Gasteiger charge is -2.24. The second-order valence-electron chi connectivity index (χ2n) is 7.17. The number of carbonyl (C=O) groups excluding carboxylic acids is 1. The monoisotopic (exact) mass is 351 g/mol. The molecule has 0 bridgehead atoms. The Labute approximate surface area is 154 Å². The van der Waals surface area contributed by atoms with Crippen molar-refractivity contribution in [3.8, 4) is 5.75 Å². The fourth-order valence-electron chi connectivity index (χ4n) is 3.65. The molecule has 0 radical (unpaired) electrons. The molecule has 1 atom stereocenters. The number of carbonyl (C=O) groups is 1. The van der Waals surface area contributed by atoms with Crippen LogP contribution in [0.5, 0.6) is 5.75 Å². The lowest BCUT2D eigenvalue weighted by Crippen LogP contribution is -2.34. The van der Waals surface area contributed by atoms with Crippen LogP contribution in [0.4, 0.5) is 11.4 Å². The lowest BCUT2D eigenvalue weighted by molar-refractivity contribution is 0.102. The Bertz CT molecular complexity index is 800. The lowest BCUT2D eigenvalue weighted by atomic mass is 10.1. The third-order valence-corrected chi connectivity index (χ3v) is 4.98. The average molecular weight is 351 g/mol. The van der Waals surface area contributed by atoms with Crippen LogP contribution in [-0.4, -0.2) is 31.1 Å². The third kappa shape index (κ3) is 3.83. The van der Waals surface area contributed by atoms with Crippen LogP contribution in [-0.2, 0) is 6.42 Å². The molecule has 0 spiro atoms. The van der Waals surface area contributed by atoms with Gasteiger partial charge in [-0.3, -0.25) is 4.79 Å². The molecule has 2 heterocycles. The molecule has 2 aromatic carbocycles. The highest BCUT2D eigenvalue weighted by Crippen LogP contribution is 2.27. The van der Waals surface area contributed by atoms with Crippen molar-refractivity contribution >= 4 is 17.3 Å². The number of nitrogens with one attached hydrogen (secondary N) is 3. The van der Waals surface area contributed by atoms with Crippen molar-refractivity contribution in [1.82, 2.24) is 5.32 Å². The van der Waals surface area contributed by atoms with Gasteiger partial charge < -0.3 is 20.7 Å². The summed E-state index contributed by atoms with van der Waals surface area (Å²) in [5.74, 6) is 0.716. The Balaban J connectivity index is 1.43. The molecule has 1 fully saturated rings. The molecule has 0 aliphatic carbocycles. The maximum Gasteiger partial charge on any atom is 0.255 e. The number of ether oxygens (including phenoxy) is 1. The minimum absolute atomic E-state index is 0.0913. The average Bonchev–Trinajstić information content (AvgIpc) is 3.02. The van der Waals surface area contributed by atoms with Crippen molar-refractivity contribution in [3.63, 3.8) is 0 Å². The van der Waals surface area contributed by atoms with E-state index in [-0.39, 0.29) is 12.0 Å². The van der Waals surface area contributed by atoms with Gasteiger partial charge in [-0.2, -0.15) is 0 Å². The Morgan fingerprint density at radius 1 is 1.15 bits per heavy atom. The maximum atomic E-state index is 12.6. The van der Waals surface area contributed by atoms with Gasteiger partial charge in [-0.15, -0.1) is 0 Å². The van der Waals surface area contributed by atoms with E-state index in [1.807, 2.05) is 42.5 Å². The molecule has 2 aliphatic rings. The number of fused-ring (bicyclic) bond motifs is 1. The summed E-state index contributed by atoms with van der Waals surface area (Å²) >= 11 is 0. The van der Waals surface area contributed by atoms with Gasteiger partial charge in [-0.25, -0.2) is 0 Å². The Morgan fingerprint density at radius 2 is 2.00 bits per heavy atom. The molecule has 2 aromatic rings. The highest BCUT2D eigenvalue weighted by molar-refractivity contribution is 6.04. The van der Waals surface area contributed by atoms with Crippen LogP contribution >= 0.6 is 0 Å². The summed E-state index contributed by atoms with van der Waals surface area (Å²) < 4.78 is 6.06. The van der Waals surface area contributed by atoms with E-state index in [9.17, 15) is 4.79 Å². The quantitative estimate of drug-likeness (QED) is 0.790. The highest BCUT2D eigenvalue weighted by Gasteiger charge is 2.19. The SMILES string of the molecule is C[C@H]1Cc2cc(C(=O)Nc3cccc(OC4CCNCC4)c3)ccc2N1. The predicted molar refractivity (Wildman–Crippen MR) is 104 cm³/mol. The molecular weight excluding hydrogens is 326 g/mol. The largest absolute Gasteiger partial charge is 0.490 e. The van der Waals surface area contributed by atoms with Gasteiger partial charge in [0.25, 0.3) is 5.91 Å².